The predicted molar refractivity (Wildman–Crippen MR) is 119 cm³/mol. The number of aromatic nitrogens is 1. The second-order valence-electron chi connectivity index (χ2n) is 7.93. The first-order chi connectivity index (χ1) is 14.8. The number of hydrogen-bond donors (Lipinski definition) is 0. The standard InChI is InChI=1S/C24H25N3O2S/c28-24(20-14-19-8-4-5-9-22(19)29-16-20)27-12-10-26(11-13-27)15-21-17-30-23(25-21)18-6-2-1-3-7-18/h1-9,17,20H,10-16H2. The van der Waals surface area contributed by atoms with E-state index < -0.39 is 0 Å². The van der Waals surface area contributed by atoms with Crippen LogP contribution in [0.3, 0.4) is 0 Å². The van der Waals surface area contributed by atoms with Gasteiger partial charge in [0.2, 0.25) is 5.91 Å². The second kappa shape index (κ2) is 8.58. The number of amides is 1. The van der Waals surface area contributed by atoms with E-state index in [1.807, 2.05) is 41.3 Å². The van der Waals surface area contributed by atoms with Crippen LogP contribution < -0.4 is 4.74 Å². The first-order valence-electron chi connectivity index (χ1n) is 10.5. The smallest absolute Gasteiger partial charge is 0.229 e. The van der Waals surface area contributed by atoms with Crippen LogP contribution in [0.25, 0.3) is 10.6 Å². The van der Waals surface area contributed by atoms with Crippen molar-refractivity contribution in [2.45, 2.75) is 13.0 Å². The van der Waals surface area contributed by atoms with Gasteiger partial charge in [-0.1, -0.05) is 48.5 Å². The van der Waals surface area contributed by atoms with Gasteiger partial charge in [-0.25, -0.2) is 4.98 Å². The number of thiazole rings is 1. The summed E-state index contributed by atoms with van der Waals surface area (Å²) in [5.74, 6) is 1.08. The van der Waals surface area contributed by atoms with Gasteiger partial charge in [-0.15, -0.1) is 11.3 Å². The number of nitrogens with zero attached hydrogens (tertiary/aromatic N) is 3. The fourth-order valence-corrected chi connectivity index (χ4v) is 5.01. The number of rotatable bonds is 4. The molecule has 0 aliphatic carbocycles. The largest absolute Gasteiger partial charge is 0.492 e. The Hall–Kier alpha value is -2.70. The summed E-state index contributed by atoms with van der Waals surface area (Å²) in [6.45, 7) is 4.63. The molecule has 0 N–H and O–H groups in total. The van der Waals surface area contributed by atoms with E-state index in [0.29, 0.717) is 6.61 Å². The molecular weight excluding hydrogens is 394 g/mol. The minimum atomic E-state index is -0.0709. The Kier molecular flexibility index (Phi) is 5.51. The molecule has 0 spiro atoms. The number of ether oxygens (including phenoxy) is 1. The van der Waals surface area contributed by atoms with Crippen molar-refractivity contribution >= 4 is 17.2 Å². The van der Waals surface area contributed by atoms with Gasteiger partial charge in [0, 0.05) is 43.7 Å². The number of carbonyl (C=O) groups is 1. The van der Waals surface area contributed by atoms with E-state index in [4.69, 9.17) is 9.72 Å². The molecule has 5 rings (SSSR count). The second-order valence-corrected chi connectivity index (χ2v) is 8.79. The minimum absolute atomic E-state index is 0.0709. The Morgan fingerprint density at radius 2 is 1.80 bits per heavy atom. The van der Waals surface area contributed by atoms with Crippen LogP contribution in [-0.2, 0) is 17.8 Å². The average Bonchev–Trinajstić information content (AvgIpc) is 3.28. The molecule has 30 heavy (non-hydrogen) atoms. The molecule has 1 aromatic heterocycles. The Morgan fingerprint density at radius 1 is 1.03 bits per heavy atom. The van der Waals surface area contributed by atoms with Crippen molar-refractivity contribution in [1.82, 2.24) is 14.8 Å². The van der Waals surface area contributed by atoms with Crippen molar-refractivity contribution in [1.29, 1.82) is 0 Å². The lowest BCUT2D eigenvalue weighted by Gasteiger charge is -2.37. The number of para-hydroxylation sites is 1. The van der Waals surface area contributed by atoms with Crippen LogP contribution >= 0.6 is 11.3 Å². The van der Waals surface area contributed by atoms with Crippen LogP contribution in [0.15, 0.2) is 60.0 Å². The average molecular weight is 420 g/mol. The van der Waals surface area contributed by atoms with Crippen LogP contribution in [0.2, 0.25) is 0 Å². The van der Waals surface area contributed by atoms with E-state index in [9.17, 15) is 4.79 Å². The molecule has 1 unspecified atom stereocenters. The lowest BCUT2D eigenvalue weighted by atomic mass is 9.95. The van der Waals surface area contributed by atoms with Gasteiger partial charge in [0.15, 0.2) is 0 Å². The van der Waals surface area contributed by atoms with Crippen molar-refractivity contribution < 1.29 is 9.53 Å². The molecule has 2 aromatic carbocycles. The Balaban J connectivity index is 1.14. The van der Waals surface area contributed by atoms with Gasteiger partial charge in [0.1, 0.15) is 17.4 Å². The molecule has 0 bridgehead atoms. The SMILES string of the molecule is O=C(C1COc2ccccc2C1)N1CCN(Cc2csc(-c3ccccc3)n2)CC1. The quantitative estimate of drug-likeness (QED) is 0.647. The fraction of sp³-hybridized carbons (Fsp3) is 0.333. The van der Waals surface area contributed by atoms with Crippen LogP contribution in [0.1, 0.15) is 11.3 Å². The monoisotopic (exact) mass is 419 g/mol. The van der Waals surface area contributed by atoms with Gasteiger partial charge in [0.25, 0.3) is 0 Å². The Bertz CT molecular complexity index is 1010. The number of fused-ring (bicyclic) bond motifs is 1. The first-order valence-corrected chi connectivity index (χ1v) is 11.4. The van der Waals surface area contributed by atoms with Crippen molar-refractivity contribution in [2.75, 3.05) is 32.8 Å². The fourth-order valence-electron chi connectivity index (χ4n) is 4.19. The molecule has 1 fully saturated rings. The van der Waals surface area contributed by atoms with E-state index in [0.717, 1.165) is 61.2 Å². The zero-order valence-electron chi connectivity index (χ0n) is 16.9. The zero-order chi connectivity index (χ0) is 20.3. The molecule has 3 aromatic rings. The van der Waals surface area contributed by atoms with Crippen LogP contribution in [0.5, 0.6) is 5.75 Å². The normalized spacial score (nSPS) is 19.2. The molecule has 0 radical (unpaired) electrons. The van der Waals surface area contributed by atoms with Crippen molar-refractivity contribution in [2.24, 2.45) is 5.92 Å². The summed E-state index contributed by atoms with van der Waals surface area (Å²) in [5, 5.41) is 3.22. The summed E-state index contributed by atoms with van der Waals surface area (Å²) < 4.78 is 5.82. The van der Waals surface area contributed by atoms with Crippen molar-refractivity contribution in [3.8, 4) is 16.3 Å². The Labute approximate surface area is 180 Å². The van der Waals surface area contributed by atoms with Gasteiger partial charge in [-0.3, -0.25) is 9.69 Å². The maximum absolute atomic E-state index is 13.0. The van der Waals surface area contributed by atoms with E-state index in [-0.39, 0.29) is 11.8 Å². The molecule has 0 saturated carbocycles. The molecular formula is C24H25N3O2S. The van der Waals surface area contributed by atoms with Gasteiger partial charge in [-0.2, -0.15) is 0 Å². The molecule has 3 heterocycles. The third-order valence-corrected chi connectivity index (χ3v) is 6.81. The molecule has 1 amide bonds. The lowest BCUT2D eigenvalue weighted by molar-refractivity contribution is -0.138. The molecule has 2 aliphatic rings. The predicted octanol–water partition coefficient (Wildman–Crippen LogP) is 3.71. The highest BCUT2D eigenvalue weighted by Crippen LogP contribution is 2.28. The highest BCUT2D eigenvalue weighted by molar-refractivity contribution is 7.13. The molecule has 1 atom stereocenters. The van der Waals surface area contributed by atoms with Crippen LogP contribution in [-0.4, -0.2) is 53.5 Å². The van der Waals surface area contributed by atoms with E-state index in [1.54, 1.807) is 11.3 Å². The summed E-state index contributed by atoms with van der Waals surface area (Å²) in [6.07, 6.45) is 0.774. The number of hydrogen-bond acceptors (Lipinski definition) is 5. The third kappa shape index (κ3) is 4.11. The van der Waals surface area contributed by atoms with Gasteiger partial charge < -0.3 is 9.64 Å². The molecule has 154 valence electrons. The maximum atomic E-state index is 13.0. The van der Waals surface area contributed by atoms with Crippen molar-refractivity contribution in [3.63, 3.8) is 0 Å². The van der Waals surface area contributed by atoms with E-state index >= 15 is 0 Å². The summed E-state index contributed by atoms with van der Waals surface area (Å²) in [7, 11) is 0. The van der Waals surface area contributed by atoms with Crippen LogP contribution in [0.4, 0.5) is 0 Å². The summed E-state index contributed by atoms with van der Waals surface area (Å²) in [6, 6.07) is 18.3. The highest BCUT2D eigenvalue weighted by atomic mass is 32.1. The maximum Gasteiger partial charge on any atom is 0.229 e. The molecule has 6 heteroatoms. The summed E-state index contributed by atoms with van der Waals surface area (Å²) in [5.41, 5.74) is 3.41. The molecule has 5 nitrogen and oxygen atoms in total. The van der Waals surface area contributed by atoms with E-state index in [1.165, 1.54) is 5.56 Å². The third-order valence-electron chi connectivity index (χ3n) is 5.87. The number of carbonyl (C=O) groups excluding carboxylic acids is 1. The number of benzene rings is 2. The summed E-state index contributed by atoms with van der Waals surface area (Å²) in [4.78, 5) is 22.2. The zero-order valence-corrected chi connectivity index (χ0v) is 17.7. The van der Waals surface area contributed by atoms with Crippen molar-refractivity contribution in [3.05, 3.63) is 71.2 Å². The lowest BCUT2D eigenvalue weighted by Crippen LogP contribution is -2.51. The molecule has 1 saturated heterocycles. The highest BCUT2D eigenvalue weighted by Gasteiger charge is 2.31. The van der Waals surface area contributed by atoms with Gasteiger partial charge in [-0.05, 0) is 18.1 Å². The van der Waals surface area contributed by atoms with Gasteiger partial charge in [0.05, 0.1) is 11.6 Å². The summed E-state index contributed by atoms with van der Waals surface area (Å²) >= 11 is 1.69. The van der Waals surface area contributed by atoms with Gasteiger partial charge >= 0.3 is 0 Å². The van der Waals surface area contributed by atoms with Crippen LogP contribution in [0, 0.1) is 5.92 Å². The first kappa shape index (κ1) is 19.3. The topological polar surface area (TPSA) is 45.7 Å². The van der Waals surface area contributed by atoms with E-state index in [2.05, 4.69) is 28.5 Å². The molecule has 2 aliphatic heterocycles. The number of piperazine rings is 1. The Morgan fingerprint density at radius 3 is 2.63 bits per heavy atom. The minimum Gasteiger partial charge on any atom is -0.492 e.